The van der Waals surface area contributed by atoms with Crippen LogP contribution in [0.25, 0.3) is 0 Å². The zero-order valence-electron chi connectivity index (χ0n) is 15.2. The molecule has 0 bridgehead atoms. The second-order valence-electron chi connectivity index (χ2n) is 7.48. The van der Waals surface area contributed by atoms with E-state index in [1.807, 2.05) is 36.4 Å². The Balaban J connectivity index is 1.57. The largest absolute Gasteiger partial charge is 0.300 e. The van der Waals surface area contributed by atoms with Crippen LogP contribution >= 0.6 is 0 Å². The van der Waals surface area contributed by atoms with E-state index in [4.69, 9.17) is 0 Å². The van der Waals surface area contributed by atoms with Crippen molar-refractivity contribution in [3.63, 3.8) is 0 Å². The van der Waals surface area contributed by atoms with Gasteiger partial charge in [0, 0.05) is 38.4 Å². The molecule has 2 aromatic rings. The van der Waals surface area contributed by atoms with Gasteiger partial charge in [0.1, 0.15) is 5.41 Å². The molecule has 0 spiro atoms. The predicted molar refractivity (Wildman–Crippen MR) is 103 cm³/mol. The van der Waals surface area contributed by atoms with Gasteiger partial charge in [-0.25, -0.2) is 0 Å². The maximum Gasteiger partial charge on any atom is 0.125 e. The summed E-state index contributed by atoms with van der Waals surface area (Å²) in [4.78, 5) is 9.74. The van der Waals surface area contributed by atoms with E-state index in [2.05, 4.69) is 33.0 Å². The second kappa shape index (κ2) is 7.57. The normalized spacial score (nSPS) is 23.1. The lowest BCUT2D eigenvalue weighted by Gasteiger charge is -2.39. The number of rotatable bonds is 5. The van der Waals surface area contributed by atoms with Gasteiger partial charge in [-0.15, -0.1) is 0 Å². The first-order valence-corrected chi connectivity index (χ1v) is 9.66. The molecule has 2 atom stereocenters. The number of nitrogens with zero attached hydrogens (tertiary/aromatic N) is 4. The zero-order valence-corrected chi connectivity index (χ0v) is 15.2. The summed E-state index contributed by atoms with van der Waals surface area (Å²) in [6.45, 7) is 5.61. The van der Waals surface area contributed by atoms with Crippen molar-refractivity contribution in [2.45, 2.75) is 30.7 Å². The van der Waals surface area contributed by atoms with Gasteiger partial charge in [0.05, 0.1) is 11.8 Å². The molecule has 3 heterocycles. The number of hydrogen-bond acceptors (Lipinski definition) is 4. The number of hydrogen-bond donors (Lipinski definition) is 0. The average molecular weight is 346 g/mol. The molecule has 0 N–H and O–H groups in total. The third-order valence-electron chi connectivity index (χ3n) is 6.03. The van der Waals surface area contributed by atoms with E-state index in [1.165, 1.54) is 25.9 Å². The molecule has 0 saturated carbocycles. The Morgan fingerprint density at radius 2 is 1.92 bits per heavy atom. The van der Waals surface area contributed by atoms with Crippen LogP contribution in [0.1, 0.15) is 30.5 Å². The van der Waals surface area contributed by atoms with Gasteiger partial charge in [0.2, 0.25) is 0 Å². The molecule has 2 aliphatic rings. The van der Waals surface area contributed by atoms with Crippen LogP contribution < -0.4 is 0 Å². The summed E-state index contributed by atoms with van der Waals surface area (Å²) in [7, 11) is 0. The van der Waals surface area contributed by atoms with Gasteiger partial charge in [-0.05, 0) is 43.5 Å². The summed E-state index contributed by atoms with van der Waals surface area (Å²) in [6.07, 6.45) is 5.22. The SMILES string of the molecule is N#CC(CCN1CCN2CCCC2C1)(c1ccccc1)c1ccccn1. The van der Waals surface area contributed by atoms with Crippen LogP contribution in [0.4, 0.5) is 0 Å². The molecule has 0 aliphatic carbocycles. The van der Waals surface area contributed by atoms with Gasteiger partial charge in [0.25, 0.3) is 0 Å². The van der Waals surface area contributed by atoms with Crippen molar-refractivity contribution in [1.29, 1.82) is 5.26 Å². The molecule has 134 valence electrons. The zero-order chi connectivity index (χ0) is 17.8. The minimum absolute atomic E-state index is 0.685. The standard InChI is InChI=1S/C22H26N4/c23-18-22(19-7-2-1-3-8-19,21-10-4-5-12-24-21)11-14-25-15-16-26-13-6-9-20(26)17-25/h1-5,7-8,10,12,20H,6,9,11,13-17H2. The summed E-state index contributed by atoms with van der Waals surface area (Å²) in [5.74, 6) is 0. The molecule has 0 amide bonds. The van der Waals surface area contributed by atoms with Crippen molar-refractivity contribution in [3.8, 4) is 6.07 Å². The Hall–Kier alpha value is -2.22. The maximum absolute atomic E-state index is 10.2. The van der Waals surface area contributed by atoms with Crippen molar-refractivity contribution >= 4 is 0 Å². The lowest BCUT2D eigenvalue weighted by atomic mass is 9.75. The number of aromatic nitrogens is 1. The Labute approximate surface area is 156 Å². The van der Waals surface area contributed by atoms with Crippen molar-refractivity contribution < 1.29 is 0 Å². The minimum atomic E-state index is -0.685. The molecule has 1 aromatic carbocycles. The van der Waals surface area contributed by atoms with Crippen LogP contribution in [0.5, 0.6) is 0 Å². The lowest BCUT2D eigenvalue weighted by molar-refractivity contribution is 0.101. The molecule has 4 rings (SSSR count). The summed E-state index contributed by atoms with van der Waals surface area (Å²) >= 11 is 0. The number of pyridine rings is 1. The van der Waals surface area contributed by atoms with Gasteiger partial charge < -0.3 is 4.90 Å². The third kappa shape index (κ3) is 3.25. The number of benzene rings is 1. The van der Waals surface area contributed by atoms with Gasteiger partial charge in [-0.3, -0.25) is 9.88 Å². The molecule has 2 fully saturated rings. The maximum atomic E-state index is 10.2. The fourth-order valence-corrected chi connectivity index (χ4v) is 4.52. The van der Waals surface area contributed by atoms with Crippen LogP contribution in [0, 0.1) is 11.3 Å². The highest BCUT2D eigenvalue weighted by molar-refractivity contribution is 5.42. The van der Waals surface area contributed by atoms with E-state index >= 15 is 0 Å². The van der Waals surface area contributed by atoms with Gasteiger partial charge >= 0.3 is 0 Å². The van der Waals surface area contributed by atoms with Crippen molar-refractivity contribution in [1.82, 2.24) is 14.8 Å². The second-order valence-corrected chi connectivity index (χ2v) is 7.48. The summed E-state index contributed by atoms with van der Waals surface area (Å²) in [5, 5.41) is 10.2. The highest BCUT2D eigenvalue weighted by Gasteiger charge is 2.37. The first-order valence-electron chi connectivity index (χ1n) is 9.66. The predicted octanol–water partition coefficient (Wildman–Crippen LogP) is 3.06. The topological polar surface area (TPSA) is 43.2 Å². The van der Waals surface area contributed by atoms with E-state index < -0.39 is 5.41 Å². The van der Waals surface area contributed by atoms with E-state index in [-0.39, 0.29) is 0 Å². The van der Waals surface area contributed by atoms with E-state index in [0.717, 1.165) is 37.3 Å². The molecule has 1 aromatic heterocycles. The molecule has 4 heteroatoms. The molecule has 0 radical (unpaired) electrons. The Kier molecular flexibility index (Phi) is 5.01. The fraction of sp³-hybridized carbons (Fsp3) is 0.455. The van der Waals surface area contributed by atoms with E-state index in [0.29, 0.717) is 6.04 Å². The van der Waals surface area contributed by atoms with Crippen LogP contribution in [-0.2, 0) is 5.41 Å². The third-order valence-corrected chi connectivity index (χ3v) is 6.03. The Morgan fingerprint density at radius 1 is 1.08 bits per heavy atom. The molecule has 2 unspecified atom stereocenters. The monoisotopic (exact) mass is 346 g/mol. The van der Waals surface area contributed by atoms with Crippen LogP contribution in [-0.4, -0.2) is 53.5 Å². The van der Waals surface area contributed by atoms with E-state index in [1.54, 1.807) is 6.20 Å². The van der Waals surface area contributed by atoms with Gasteiger partial charge in [-0.1, -0.05) is 36.4 Å². The number of fused-ring (bicyclic) bond motifs is 1. The molecule has 2 aliphatic heterocycles. The molecule has 26 heavy (non-hydrogen) atoms. The van der Waals surface area contributed by atoms with Gasteiger partial charge in [-0.2, -0.15) is 5.26 Å². The summed E-state index contributed by atoms with van der Waals surface area (Å²) in [6, 6.07) is 19.4. The van der Waals surface area contributed by atoms with Crippen molar-refractivity contribution in [2.24, 2.45) is 0 Å². The highest BCUT2D eigenvalue weighted by Crippen LogP contribution is 2.34. The summed E-state index contributed by atoms with van der Waals surface area (Å²) in [5.41, 5.74) is 1.21. The first-order chi connectivity index (χ1) is 12.8. The average Bonchev–Trinajstić information content (AvgIpc) is 3.18. The Morgan fingerprint density at radius 3 is 2.69 bits per heavy atom. The highest BCUT2D eigenvalue weighted by atomic mass is 15.3. The summed E-state index contributed by atoms with van der Waals surface area (Å²) < 4.78 is 0. The number of nitriles is 1. The fourth-order valence-electron chi connectivity index (χ4n) is 4.52. The van der Waals surface area contributed by atoms with Crippen molar-refractivity contribution in [3.05, 3.63) is 66.0 Å². The molecular weight excluding hydrogens is 320 g/mol. The van der Waals surface area contributed by atoms with Crippen molar-refractivity contribution in [2.75, 3.05) is 32.7 Å². The van der Waals surface area contributed by atoms with Gasteiger partial charge in [0.15, 0.2) is 0 Å². The molecule has 2 saturated heterocycles. The minimum Gasteiger partial charge on any atom is -0.300 e. The van der Waals surface area contributed by atoms with Crippen LogP contribution in [0.3, 0.4) is 0 Å². The number of piperazine rings is 1. The van der Waals surface area contributed by atoms with Crippen LogP contribution in [0.2, 0.25) is 0 Å². The quantitative estimate of drug-likeness (QED) is 0.834. The first kappa shape index (κ1) is 17.2. The Bertz CT molecular complexity index is 713. The lowest BCUT2D eigenvalue weighted by Crippen LogP contribution is -2.51. The molecule has 4 nitrogen and oxygen atoms in total. The van der Waals surface area contributed by atoms with Crippen LogP contribution in [0.15, 0.2) is 54.7 Å². The van der Waals surface area contributed by atoms with E-state index in [9.17, 15) is 5.26 Å². The smallest absolute Gasteiger partial charge is 0.125 e. The molecular formula is C22H26N4.